The van der Waals surface area contributed by atoms with Crippen LogP contribution in [-0.4, -0.2) is 42.7 Å². The summed E-state index contributed by atoms with van der Waals surface area (Å²) in [5.74, 6) is -0.200. The predicted molar refractivity (Wildman–Crippen MR) is 105 cm³/mol. The molecule has 5 heteroatoms. The SMILES string of the molecule is Fc1ccc(C(CNCc2cccc3cccnc23)N2CCOCC2)cc1. The lowest BCUT2D eigenvalue weighted by Gasteiger charge is -2.35. The minimum absolute atomic E-state index is 0.192. The van der Waals surface area contributed by atoms with Crippen molar-refractivity contribution in [1.82, 2.24) is 15.2 Å². The second kappa shape index (κ2) is 8.57. The molecule has 2 aromatic carbocycles. The maximum atomic E-state index is 13.4. The first-order valence-corrected chi connectivity index (χ1v) is 9.42. The summed E-state index contributed by atoms with van der Waals surface area (Å²) in [6, 6.07) is 17.4. The lowest BCUT2D eigenvalue weighted by molar-refractivity contribution is 0.0161. The van der Waals surface area contributed by atoms with Gasteiger partial charge in [-0.15, -0.1) is 0 Å². The number of fused-ring (bicyclic) bond motifs is 1. The summed E-state index contributed by atoms with van der Waals surface area (Å²) in [5.41, 5.74) is 3.35. The molecule has 1 fully saturated rings. The smallest absolute Gasteiger partial charge is 0.123 e. The van der Waals surface area contributed by atoms with Gasteiger partial charge in [0.05, 0.1) is 18.7 Å². The first-order chi connectivity index (χ1) is 13.3. The van der Waals surface area contributed by atoms with Crippen LogP contribution >= 0.6 is 0 Å². The molecule has 27 heavy (non-hydrogen) atoms. The number of morpholine rings is 1. The molecule has 4 rings (SSSR count). The third-order valence-corrected chi connectivity index (χ3v) is 5.11. The quantitative estimate of drug-likeness (QED) is 0.725. The van der Waals surface area contributed by atoms with Gasteiger partial charge in [0.2, 0.25) is 0 Å². The van der Waals surface area contributed by atoms with E-state index >= 15 is 0 Å². The van der Waals surface area contributed by atoms with E-state index < -0.39 is 0 Å². The maximum Gasteiger partial charge on any atom is 0.123 e. The number of hydrogen-bond donors (Lipinski definition) is 1. The molecule has 1 saturated heterocycles. The number of pyridine rings is 1. The molecule has 0 bridgehead atoms. The van der Waals surface area contributed by atoms with E-state index in [2.05, 4.69) is 39.5 Å². The molecule has 3 aromatic rings. The number of nitrogens with one attached hydrogen (secondary N) is 1. The minimum atomic E-state index is -0.200. The molecule has 1 unspecified atom stereocenters. The zero-order chi connectivity index (χ0) is 18.5. The van der Waals surface area contributed by atoms with E-state index in [0.29, 0.717) is 0 Å². The maximum absolute atomic E-state index is 13.4. The highest BCUT2D eigenvalue weighted by Gasteiger charge is 2.22. The third kappa shape index (κ3) is 4.33. The van der Waals surface area contributed by atoms with E-state index in [9.17, 15) is 4.39 Å². The van der Waals surface area contributed by atoms with Crippen molar-refractivity contribution in [2.24, 2.45) is 0 Å². The highest BCUT2D eigenvalue weighted by atomic mass is 19.1. The van der Waals surface area contributed by atoms with Gasteiger partial charge in [0, 0.05) is 43.8 Å². The van der Waals surface area contributed by atoms with E-state index in [0.717, 1.165) is 55.9 Å². The van der Waals surface area contributed by atoms with Gasteiger partial charge in [-0.3, -0.25) is 9.88 Å². The van der Waals surface area contributed by atoms with Gasteiger partial charge < -0.3 is 10.1 Å². The predicted octanol–water partition coefficient (Wildman–Crippen LogP) is 3.54. The molecule has 1 aliphatic rings. The van der Waals surface area contributed by atoms with Crippen molar-refractivity contribution in [3.8, 4) is 0 Å². The van der Waals surface area contributed by atoms with Crippen LogP contribution in [0, 0.1) is 5.82 Å². The molecule has 0 saturated carbocycles. The second-order valence-electron chi connectivity index (χ2n) is 6.84. The molecule has 1 aromatic heterocycles. The van der Waals surface area contributed by atoms with E-state index in [1.165, 1.54) is 17.7 Å². The van der Waals surface area contributed by atoms with Gasteiger partial charge in [0.15, 0.2) is 0 Å². The van der Waals surface area contributed by atoms with Crippen LogP contribution in [0.4, 0.5) is 4.39 Å². The summed E-state index contributed by atoms with van der Waals surface area (Å²) < 4.78 is 18.9. The Kier molecular flexibility index (Phi) is 5.72. The summed E-state index contributed by atoms with van der Waals surface area (Å²) in [4.78, 5) is 6.94. The summed E-state index contributed by atoms with van der Waals surface area (Å²) in [7, 11) is 0. The fraction of sp³-hybridized carbons (Fsp3) is 0.318. The Morgan fingerprint density at radius 1 is 1.04 bits per heavy atom. The van der Waals surface area contributed by atoms with Crippen LogP contribution < -0.4 is 5.32 Å². The van der Waals surface area contributed by atoms with E-state index in [1.807, 2.05) is 24.4 Å². The molecular formula is C22H24FN3O. The zero-order valence-electron chi connectivity index (χ0n) is 15.3. The number of halogens is 1. The number of ether oxygens (including phenoxy) is 1. The number of rotatable bonds is 6. The molecule has 0 amide bonds. The normalized spacial score (nSPS) is 16.5. The highest BCUT2D eigenvalue weighted by molar-refractivity contribution is 5.81. The summed E-state index contributed by atoms with van der Waals surface area (Å²) >= 11 is 0. The van der Waals surface area contributed by atoms with Crippen molar-refractivity contribution < 1.29 is 9.13 Å². The molecule has 1 atom stereocenters. The lowest BCUT2D eigenvalue weighted by atomic mass is 10.0. The largest absolute Gasteiger partial charge is 0.379 e. The third-order valence-electron chi connectivity index (χ3n) is 5.11. The van der Waals surface area contributed by atoms with Gasteiger partial charge in [-0.1, -0.05) is 36.4 Å². The Morgan fingerprint density at radius 2 is 1.81 bits per heavy atom. The van der Waals surface area contributed by atoms with Crippen molar-refractivity contribution in [1.29, 1.82) is 0 Å². The topological polar surface area (TPSA) is 37.4 Å². The Balaban J connectivity index is 1.48. The standard InChI is InChI=1S/C22H24FN3O/c23-20-8-6-17(7-9-20)21(26-11-13-27-14-12-26)16-24-15-19-4-1-3-18-5-2-10-25-22(18)19/h1-10,21,24H,11-16H2. The summed E-state index contributed by atoms with van der Waals surface area (Å²) in [6.45, 7) is 4.79. The van der Waals surface area contributed by atoms with Crippen molar-refractivity contribution in [3.63, 3.8) is 0 Å². The van der Waals surface area contributed by atoms with E-state index in [1.54, 1.807) is 0 Å². The average Bonchev–Trinajstić information content (AvgIpc) is 2.73. The van der Waals surface area contributed by atoms with Gasteiger partial charge in [-0.25, -0.2) is 4.39 Å². The minimum Gasteiger partial charge on any atom is -0.379 e. The van der Waals surface area contributed by atoms with Crippen LogP contribution in [0.25, 0.3) is 10.9 Å². The van der Waals surface area contributed by atoms with E-state index in [4.69, 9.17) is 4.74 Å². The molecular weight excluding hydrogens is 341 g/mol. The first kappa shape index (κ1) is 18.0. The number of aromatic nitrogens is 1. The van der Waals surface area contributed by atoms with Gasteiger partial charge >= 0.3 is 0 Å². The molecule has 4 nitrogen and oxygen atoms in total. The molecule has 140 valence electrons. The Bertz CT molecular complexity index is 873. The van der Waals surface area contributed by atoms with Crippen LogP contribution in [0.15, 0.2) is 60.8 Å². The average molecular weight is 365 g/mol. The number of para-hydroxylation sites is 1. The van der Waals surface area contributed by atoms with Crippen molar-refractivity contribution in [3.05, 3.63) is 77.7 Å². The van der Waals surface area contributed by atoms with Gasteiger partial charge in [0.25, 0.3) is 0 Å². The second-order valence-corrected chi connectivity index (χ2v) is 6.84. The van der Waals surface area contributed by atoms with Gasteiger partial charge in [0.1, 0.15) is 5.82 Å². The van der Waals surface area contributed by atoms with Crippen molar-refractivity contribution in [2.75, 3.05) is 32.8 Å². The molecule has 2 heterocycles. The Morgan fingerprint density at radius 3 is 2.63 bits per heavy atom. The van der Waals surface area contributed by atoms with Crippen LogP contribution in [-0.2, 0) is 11.3 Å². The van der Waals surface area contributed by atoms with Crippen molar-refractivity contribution >= 4 is 10.9 Å². The van der Waals surface area contributed by atoms with Gasteiger partial charge in [-0.05, 0) is 29.3 Å². The van der Waals surface area contributed by atoms with Crippen LogP contribution in [0.2, 0.25) is 0 Å². The Hall–Kier alpha value is -2.34. The highest BCUT2D eigenvalue weighted by Crippen LogP contribution is 2.22. The molecule has 0 spiro atoms. The molecule has 1 aliphatic heterocycles. The number of benzene rings is 2. The monoisotopic (exact) mass is 365 g/mol. The lowest BCUT2D eigenvalue weighted by Crippen LogP contribution is -2.42. The van der Waals surface area contributed by atoms with Crippen molar-refractivity contribution in [2.45, 2.75) is 12.6 Å². The van der Waals surface area contributed by atoms with Gasteiger partial charge in [-0.2, -0.15) is 0 Å². The van der Waals surface area contributed by atoms with Crippen LogP contribution in [0.3, 0.4) is 0 Å². The fourth-order valence-corrected chi connectivity index (χ4v) is 3.69. The van der Waals surface area contributed by atoms with Crippen LogP contribution in [0.5, 0.6) is 0 Å². The molecule has 0 aliphatic carbocycles. The fourth-order valence-electron chi connectivity index (χ4n) is 3.69. The van der Waals surface area contributed by atoms with E-state index in [-0.39, 0.29) is 11.9 Å². The van der Waals surface area contributed by atoms with Crippen LogP contribution in [0.1, 0.15) is 17.2 Å². The summed E-state index contributed by atoms with van der Waals surface area (Å²) in [6.07, 6.45) is 1.83. The molecule has 1 N–H and O–H groups in total. The first-order valence-electron chi connectivity index (χ1n) is 9.42. The summed E-state index contributed by atoms with van der Waals surface area (Å²) in [5, 5.41) is 4.74. The number of nitrogens with zero attached hydrogens (tertiary/aromatic N) is 2. The molecule has 0 radical (unpaired) electrons. The Labute approximate surface area is 159 Å². The zero-order valence-corrected chi connectivity index (χ0v) is 15.3. The number of hydrogen-bond acceptors (Lipinski definition) is 4.